The molecule has 3 heterocycles. The molecule has 1 aliphatic carbocycles. The second-order valence-electron chi connectivity index (χ2n) is 9.89. The molecule has 3 aromatic rings. The zero-order valence-corrected chi connectivity index (χ0v) is 20.7. The van der Waals surface area contributed by atoms with Crippen LogP contribution < -0.4 is 5.32 Å². The van der Waals surface area contributed by atoms with E-state index >= 15 is 0 Å². The van der Waals surface area contributed by atoms with E-state index in [1.54, 1.807) is 24.4 Å². The molecule has 0 spiro atoms. The maximum Gasteiger partial charge on any atom is 0.357 e. The Morgan fingerprint density at radius 2 is 2.05 bits per heavy atom. The Balaban J connectivity index is 1.23. The van der Waals surface area contributed by atoms with Crippen LogP contribution in [0.25, 0.3) is 10.9 Å². The van der Waals surface area contributed by atoms with Gasteiger partial charge in [0.05, 0.1) is 11.1 Å². The molecular formula is C28H32N4O5. The van der Waals surface area contributed by atoms with E-state index in [-0.39, 0.29) is 19.1 Å². The first-order chi connectivity index (χ1) is 18.0. The summed E-state index contributed by atoms with van der Waals surface area (Å²) < 4.78 is 0. The largest absolute Gasteiger partial charge is 0.480 e. The first kappa shape index (κ1) is 25.1. The number of hydroxylamine groups is 2. The second kappa shape index (κ2) is 11.2. The van der Waals surface area contributed by atoms with Crippen LogP contribution >= 0.6 is 0 Å². The highest BCUT2D eigenvalue weighted by Gasteiger charge is 2.41. The molecule has 0 radical (unpaired) electrons. The fourth-order valence-corrected chi connectivity index (χ4v) is 5.22. The van der Waals surface area contributed by atoms with Crippen molar-refractivity contribution in [1.29, 1.82) is 0 Å². The number of carbonyl (C=O) groups is 2. The third-order valence-corrected chi connectivity index (χ3v) is 7.36. The monoisotopic (exact) mass is 504 g/mol. The number of carboxylic acids is 1. The Morgan fingerprint density at radius 3 is 2.86 bits per heavy atom. The van der Waals surface area contributed by atoms with Gasteiger partial charge in [0.15, 0.2) is 0 Å². The molecule has 3 N–H and O–H groups in total. The van der Waals surface area contributed by atoms with E-state index in [9.17, 15) is 19.8 Å². The first-order valence-electron chi connectivity index (χ1n) is 12.9. The molecule has 1 atom stereocenters. The third kappa shape index (κ3) is 5.73. The van der Waals surface area contributed by atoms with Crippen LogP contribution in [0.4, 0.5) is 5.82 Å². The number of aliphatic hydroxyl groups is 1. The van der Waals surface area contributed by atoms with Gasteiger partial charge in [0.2, 0.25) is 0 Å². The molecule has 0 unspecified atom stereocenters. The van der Waals surface area contributed by atoms with Crippen molar-refractivity contribution in [1.82, 2.24) is 15.0 Å². The van der Waals surface area contributed by atoms with Crippen LogP contribution in [-0.2, 0) is 22.5 Å². The molecule has 5 rings (SSSR count). The molecule has 1 aliphatic heterocycles. The second-order valence-corrected chi connectivity index (χ2v) is 9.89. The zero-order chi connectivity index (χ0) is 25.8. The highest BCUT2D eigenvalue weighted by atomic mass is 16.7. The Bertz CT molecular complexity index is 1280. The van der Waals surface area contributed by atoms with Crippen LogP contribution in [0.15, 0.2) is 48.7 Å². The highest BCUT2D eigenvalue weighted by molar-refractivity contribution is 5.94. The van der Waals surface area contributed by atoms with E-state index < -0.39 is 18.0 Å². The minimum Gasteiger partial charge on any atom is -0.480 e. The van der Waals surface area contributed by atoms with Gasteiger partial charge >= 0.3 is 11.9 Å². The average Bonchev–Trinajstić information content (AvgIpc) is 2.89. The van der Waals surface area contributed by atoms with Crippen molar-refractivity contribution in [2.45, 2.75) is 57.0 Å². The minimum atomic E-state index is -1.13. The van der Waals surface area contributed by atoms with Gasteiger partial charge < -0.3 is 20.4 Å². The normalized spacial score (nSPS) is 19.5. The van der Waals surface area contributed by atoms with Crippen LogP contribution in [0.2, 0.25) is 0 Å². The van der Waals surface area contributed by atoms with Gasteiger partial charge in [-0.1, -0.05) is 18.2 Å². The molecule has 1 saturated carbocycles. The van der Waals surface area contributed by atoms with Gasteiger partial charge in [-0.2, -0.15) is 0 Å². The number of anilines is 1. The molecule has 0 amide bonds. The lowest BCUT2D eigenvalue weighted by molar-refractivity contribution is -0.204. The SMILES string of the molecule is O=C(ON(C1CC(CCc2ccc3c(n2)NCCC3)C1)[C@@H](CCO)C(=O)O)c1ccc2cccnc2c1. The number of aromatic nitrogens is 2. The summed E-state index contributed by atoms with van der Waals surface area (Å²) >= 11 is 0. The van der Waals surface area contributed by atoms with Crippen molar-refractivity contribution in [3.8, 4) is 0 Å². The summed E-state index contributed by atoms with van der Waals surface area (Å²) in [7, 11) is 0. The zero-order valence-electron chi connectivity index (χ0n) is 20.7. The van der Waals surface area contributed by atoms with Crippen LogP contribution in [-0.4, -0.2) is 62.4 Å². The first-order valence-corrected chi connectivity index (χ1v) is 12.9. The van der Waals surface area contributed by atoms with E-state index in [0.717, 1.165) is 49.1 Å². The van der Waals surface area contributed by atoms with Gasteiger partial charge in [-0.3, -0.25) is 9.78 Å². The van der Waals surface area contributed by atoms with Gasteiger partial charge in [0, 0.05) is 36.5 Å². The maximum atomic E-state index is 13.0. The summed E-state index contributed by atoms with van der Waals surface area (Å²) in [5.74, 6) is -0.391. The smallest absolute Gasteiger partial charge is 0.357 e. The number of aliphatic carboxylic acids is 1. The molecule has 9 heteroatoms. The van der Waals surface area contributed by atoms with Crippen LogP contribution in [0.1, 0.15) is 53.7 Å². The molecule has 1 aromatic carbocycles. The van der Waals surface area contributed by atoms with Crippen molar-refractivity contribution in [2.24, 2.45) is 5.92 Å². The predicted molar refractivity (Wildman–Crippen MR) is 138 cm³/mol. The average molecular weight is 505 g/mol. The predicted octanol–water partition coefficient (Wildman–Crippen LogP) is 3.61. The number of carboxylic acid groups (broad SMARTS) is 1. The number of rotatable bonds is 10. The Kier molecular flexibility index (Phi) is 7.62. The fourth-order valence-electron chi connectivity index (χ4n) is 5.22. The molecule has 2 aromatic heterocycles. The lowest BCUT2D eigenvalue weighted by atomic mass is 9.76. The molecule has 2 aliphatic rings. The number of aliphatic hydroxyl groups excluding tert-OH is 1. The number of hydrogen-bond acceptors (Lipinski definition) is 8. The number of aryl methyl sites for hydroxylation is 2. The Morgan fingerprint density at radius 1 is 1.19 bits per heavy atom. The van der Waals surface area contributed by atoms with E-state index in [1.165, 1.54) is 10.6 Å². The van der Waals surface area contributed by atoms with Crippen molar-refractivity contribution >= 4 is 28.7 Å². The van der Waals surface area contributed by atoms with E-state index in [4.69, 9.17) is 9.82 Å². The highest BCUT2D eigenvalue weighted by Crippen LogP contribution is 2.37. The number of carbonyl (C=O) groups excluding carboxylic acids is 1. The van der Waals surface area contributed by atoms with Crippen molar-refractivity contribution in [3.05, 3.63) is 65.5 Å². The topological polar surface area (TPSA) is 125 Å². The van der Waals surface area contributed by atoms with Crippen molar-refractivity contribution in [2.75, 3.05) is 18.5 Å². The van der Waals surface area contributed by atoms with Crippen molar-refractivity contribution < 1.29 is 24.6 Å². The van der Waals surface area contributed by atoms with Gasteiger partial charge in [-0.05, 0) is 80.7 Å². The lowest BCUT2D eigenvalue weighted by Crippen LogP contribution is -2.53. The summed E-state index contributed by atoms with van der Waals surface area (Å²) in [6.07, 6.45) is 7.00. The Labute approximate surface area is 215 Å². The van der Waals surface area contributed by atoms with Crippen molar-refractivity contribution in [3.63, 3.8) is 0 Å². The number of fused-ring (bicyclic) bond motifs is 2. The van der Waals surface area contributed by atoms with Crippen LogP contribution in [0.3, 0.4) is 0 Å². The number of nitrogens with zero attached hydrogens (tertiary/aromatic N) is 3. The van der Waals surface area contributed by atoms with Crippen LogP contribution in [0.5, 0.6) is 0 Å². The number of pyridine rings is 2. The standard InChI is InChI=1S/C28H32N4O5/c33-14-11-25(27(34)35)32(37-28(36)21-7-6-19-3-1-12-29-24(19)17-21)23-15-18(16-23)5-9-22-10-8-20-4-2-13-30-26(20)31-22/h1,3,6-8,10,12,17-18,23,25,33H,2,4-5,9,11,13-16H2,(H,30,31)(H,34,35)/t18?,23?,25-/m0/s1. The molecule has 37 heavy (non-hydrogen) atoms. The van der Waals surface area contributed by atoms with Gasteiger partial charge in [-0.15, -0.1) is 5.06 Å². The summed E-state index contributed by atoms with van der Waals surface area (Å²) in [6.45, 7) is 0.635. The number of hydrogen-bond donors (Lipinski definition) is 3. The summed E-state index contributed by atoms with van der Waals surface area (Å²) in [5, 5.41) is 24.8. The third-order valence-electron chi connectivity index (χ3n) is 7.36. The summed E-state index contributed by atoms with van der Waals surface area (Å²) in [6, 6.07) is 11.7. The number of benzene rings is 1. The molecule has 0 saturated heterocycles. The fraction of sp³-hybridized carbons (Fsp3) is 0.429. The van der Waals surface area contributed by atoms with Gasteiger partial charge in [0.1, 0.15) is 11.9 Å². The molecule has 1 fully saturated rings. The molecule has 194 valence electrons. The quantitative estimate of drug-likeness (QED) is 0.355. The van der Waals surface area contributed by atoms with Gasteiger partial charge in [-0.25, -0.2) is 9.78 Å². The lowest BCUT2D eigenvalue weighted by Gasteiger charge is -2.43. The molecule has 0 bridgehead atoms. The minimum absolute atomic E-state index is 0.0326. The number of nitrogens with one attached hydrogen (secondary N) is 1. The van der Waals surface area contributed by atoms with E-state index in [2.05, 4.69) is 22.4 Å². The molecule has 9 nitrogen and oxygen atoms in total. The van der Waals surface area contributed by atoms with Gasteiger partial charge in [0.25, 0.3) is 0 Å². The van der Waals surface area contributed by atoms with Crippen LogP contribution in [0, 0.1) is 5.92 Å². The summed E-state index contributed by atoms with van der Waals surface area (Å²) in [4.78, 5) is 39.8. The van der Waals surface area contributed by atoms with E-state index in [1.807, 2.05) is 12.1 Å². The van der Waals surface area contributed by atoms with E-state index in [0.29, 0.717) is 29.8 Å². The maximum absolute atomic E-state index is 13.0. The summed E-state index contributed by atoms with van der Waals surface area (Å²) in [5.41, 5.74) is 3.27. The molecular weight excluding hydrogens is 472 g/mol. The Hall–Kier alpha value is -3.56.